The van der Waals surface area contributed by atoms with E-state index in [0.717, 1.165) is 0 Å². The molecule has 0 radical (unpaired) electrons. The van der Waals surface area contributed by atoms with Crippen molar-refractivity contribution in [3.63, 3.8) is 0 Å². The molecule has 4 N–H and O–H groups in total. The number of carboxylic acid groups (broad SMARTS) is 1. The van der Waals surface area contributed by atoms with Gasteiger partial charge in [0.25, 0.3) is 0 Å². The molecule has 4 nitrogen and oxygen atoms in total. The summed E-state index contributed by atoms with van der Waals surface area (Å²) in [4.78, 5) is 9.97. The lowest BCUT2D eigenvalue weighted by Crippen LogP contribution is -2.37. The summed E-state index contributed by atoms with van der Waals surface area (Å²) < 4.78 is 0. The number of carboxylic acids is 1. The number of carbonyl (C=O) groups is 1. The van der Waals surface area contributed by atoms with E-state index in [0.29, 0.717) is 0 Å². The minimum Gasteiger partial charge on any atom is -0.480 e. The fourth-order valence-corrected chi connectivity index (χ4v) is 0.264. The van der Waals surface area contributed by atoms with Gasteiger partial charge in [0, 0.05) is 6.67 Å². The van der Waals surface area contributed by atoms with Crippen LogP contribution in [0.1, 0.15) is 6.92 Å². The summed E-state index contributed by atoms with van der Waals surface area (Å²) in [6.45, 7) is 1.74. The molecule has 1 atom stereocenters. The first kappa shape index (κ1) is 7.39. The van der Waals surface area contributed by atoms with Crippen molar-refractivity contribution in [2.24, 2.45) is 5.73 Å². The minimum absolute atomic E-state index is 0.202. The highest BCUT2D eigenvalue weighted by Crippen LogP contribution is 1.75. The van der Waals surface area contributed by atoms with Crippen LogP contribution in [0, 0.1) is 0 Å². The standard InChI is InChI=1S/C4H10N2O2/c1-3(4(7)8)6-2-5/h3,6H,2,5H2,1H3,(H,7,8). The van der Waals surface area contributed by atoms with Crippen molar-refractivity contribution in [2.75, 3.05) is 6.67 Å². The van der Waals surface area contributed by atoms with Gasteiger partial charge in [-0.05, 0) is 6.92 Å². The quantitative estimate of drug-likeness (QED) is 0.414. The molecule has 0 bridgehead atoms. The normalized spacial score (nSPS) is 13.2. The van der Waals surface area contributed by atoms with Crippen LogP contribution in [0.25, 0.3) is 0 Å². The molecule has 0 aromatic heterocycles. The van der Waals surface area contributed by atoms with Crippen LogP contribution in [0.2, 0.25) is 0 Å². The van der Waals surface area contributed by atoms with E-state index in [1.807, 2.05) is 0 Å². The summed E-state index contributed by atoms with van der Waals surface area (Å²) in [6, 6.07) is -0.542. The van der Waals surface area contributed by atoms with Gasteiger partial charge in [-0.25, -0.2) is 0 Å². The molecule has 0 heterocycles. The van der Waals surface area contributed by atoms with Crippen molar-refractivity contribution in [2.45, 2.75) is 13.0 Å². The van der Waals surface area contributed by atoms with E-state index in [2.05, 4.69) is 5.32 Å². The van der Waals surface area contributed by atoms with Gasteiger partial charge in [0.05, 0.1) is 0 Å². The van der Waals surface area contributed by atoms with Crippen molar-refractivity contribution in [3.05, 3.63) is 0 Å². The van der Waals surface area contributed by atoms with E-state index in [-0.39, 0.29) is 6.67 Å². The second kappa shape index (κ2) is 3.40. The Balaban J connectivity index is 3.32. The van der Waals surface area contributed by atoms with Crippen molar-refractivity contribution >= 4 is 5.97 Å². The molecule has 0 aliphatic carbocycles. The molecule has 0 aromatic carbocycles. The number of rotatable bonds is 3. The van der Waals surface area contributed by atoms with E-state index in [1.54, 1.807) is 0 Å². The maximum atomic E-state index is 9.97. The zero-order valence-electron chi connectivity index (χ0n) is 4.72. The third-order valence-corrected chi connectivity index (χ3v) is 0.794. The fraction of sp³-hybridized carbons (Fsp3) is 0.750. The number of hydrogen-bond donors (Lipinski definition) is 3. The monoisotopic (exact) mass is 118 g/mol. The molecule has 0 saturated heterocycles. The van der Waals surface area contributed by atoms with Gasteiger partial charge in [0.15, 0.2) is 0 Å². The Hall–Kier alpha value is -0.610. The summed E-state index contributed by atoms with van der Waals surface area (Å²) in [6.07, 6.45) is 0. The van der Waals surface area contributed by atoms with Gasteiger partial charge in [-0.3, -0.25) is 10.1 Å². The van der Waals surface area contributed by atoms with Crippen LogP contribution in [0.5, 0.6) is 0 Å². The van der Waals surface area contributed by atoms with Crippen LogP contribution in [-0.4, -0.2) is 23.8 Å². The van der Waals surface area contributed by atoms with Gasteiger partial charge in [0.1, 0.15) is 6.04 Å². The van der Waals surface area contributed by atoms with E-state index in [4.69, 9.17) is 10.8 Å². The highest BCUT2D eigenvalue weighted by atomic mass is 16.4. The predicted octanol–water partition coefficient (Wildman–Crippen LogP) is -1.03. The van der Waals surface area contributed by atoms with Crippen LogP contribution in [0.3, 0.4) is 0 Å². The lowest BCUT2D eigenvalue weighted by atomic mass is 10.4. The average molecular weight is 118 g/mol. The molecule has 0 aromatic rings. The van der Waals surface area contributed by atoms with E-state index >= 15 is 0 Å². The maximum Gasteiger partial charge on any atom is 0.320 e. The molecule has 48 valence electrons. The molecule has 0 aliphatic heterocycles. The van der Waals surface area contributed by atoms with Crippen LogP contribution >= 0.6 is 0 Å². The van der Waals surface area contributed by atoms with E-state index in [1.165, 1.54) is 6.92 Å². The summed E-state index contributed by atoms with van der Waals surface area (Å²) >= 11 is 0. The molecule has 0 saturated carbocycles. The Labute approximate surface area is 47.7 Å². The third kappa shape index (κ3) is 2.54. The molecule has 0 rings (SSSR count). The lowest BCUT2D eigenvalue weighted by Gasteiger charge is -2.03. The molecule has 8 heavy (non-hydrogen) atoms. The van der Waals surface area contributed by atoms with Gasteiger partial charge in [0.2, 0.25) is 0 Å². The van der Waals surface area contributed by atoms with Crippen molar-refractivity contribution in [1.29, 1.82) is 0 Å². The summed E-state index contributed by atoms with van der Waals surface area (Å²) in [5.41, 5.74) is 4.99. The van der Waals surface area contributed by atoms with Gasteiger partial charge < -0.3 is 10.8 Å². The minimum atomic E-state index is -0.879. The number of nitrogens with two attached hydrogens (primary N) is 1. The first-order valence-corrected chi connectivity index (χ1v) is 2.34. The van der Waals surface area contributed by atoms with Crippen molar-refractivity contribution < 1.29 is 9.90 Å². The van der Waals surface area contributed by atoms with Crippen LogP contribution in [0.15, 0.2) is 0 Å². The lowest BCUT2D eigenvalue weighted by molar-refractivity contribution is -0.138. The second-order valence-corrected chi connectivity index (χ2v) is 1.47. The summed E-state index contributed by atoms with van der Waals surface area (Å²) in [5.74, 6) is -0.879. The molecule has 4 heteroatoms. The summed E-state index contributed by atoms with van der Waals surface area (Å²) in [5, 5.41) is 10.7. The number of nitrogens with one attached hydrogen (secondary N) is 1. The first-order valence-electron chi connectivity index (χ1n) is 2.34. The van der Waals surface area contributed by atoms with Crippen molar-refractivity contribution in [1.82, 2.24) is 5.32 Å². The Morgan fingerprint density at radius 2 is 2.50 bits per heavy atom. The van der Waals surface area contributed by atoms with Gasteiger partial charge >= 0.3 is 5.97 Å². The molecule has 0 aliphatic rings. The molecule has 0 fully saturated rings. The number of aliphatic carboxylic acids is 1. The van der Waals surface area contributed by atoms with Crippen LogP contribution < -0.4 is 11.1 Å². The topological polar surface area (TPSA) is 75.3 Å². The Bertz CT molecular complexity index is 84.1. The zero-order valence-corrected chi connectivity index (χ0v) is 4.72. The highest BCUT2D eigenvalue weighted by molar-refractivity contribution is 5.72. The Morgan fingerprint density at radius 1 is 2.00 bits per heavy atom. The Morgan fingerprint density at radius 3 is 2.62 bits per heavy atom. The van der Waals surface area contributed by atoms with E-state index in [9.17, 15) is 4.79 Å². The summed E-state index contributed by atoms with van der Waals surface area (Å²) in [7, 11) is 0. The third-order valence-electron chi connectivity index (χ3n) is 0.794. The van der Waals surface area contributed by atoms with E-state index < -0.39 is 12.0 Å². The fourth-order valence-electron chi connectivity index (χ4n) is 0.264. The second-order valence-electron chi connectivity index (χ2n) is 1.47. The average Bonchev–Trinajstić information content (AvgIpc) is 1.67. The first-order chi connectivity index (χ1) is 3.68. The molecular formula is C4H10N2O2. The largest absolute Gasteiger partial charge is 0.480 e. The molecule has 0 spiro atoms. The van der Waals surface area contributed by atoms with Crippen molar-refractivity contribution in [3.8, 4) is 0 Å². The number of hydrogen-bond acceptors (Lipinski definition) is 3. The van der Waals surface area contributed by atoms with Crippen LogP contribution in [-0.2, 0) is 4.79 Å². The van der Waals surface area contributed by atoms with Gasteiger partial charge in [-0.15, -0.1) is 0 Å². The van der Waals surface area contributed by atoms with Gasteiger partial charge in [-0.1, -0.05) is 0 Å². The highest BCUT2D eigenvalue weighted by Gasteiger charge is 2.06. The molecular weight excluding hydrogens is 108 g/mol. The smallest absolute Gasteiger partial charge is 0.320 e. The zero-order chi connectivity index (χ0) is 6.57. The predicted molar refractivity (Wildman–Crippen MR) is 29.3 cm³/mol. The molecule has 1 unspecified atom stereocenters. The maximum absolute atomic E-state index is 9.97. The van der Waals surface area contributed by atoms with Gasteiger partial charge in [-0.2, -0.15) is 0 Å². The SMILES string of the molecule is CC(NCN)C(=O)O. The van der Waals surface area contributed by atoms with Crippen LogP contribution in [0.4, 0.5) is 0 Å². The molecule has 0 amide bonds. The Kier molecular flexibility index (Phi) is 3.14.